The molecule has 0 spiro atoms. The lowest BCUT2D eigenvalue weighted by Gasteiger charge is -2.30. The van der Waals surface area contributed by atoms with Gasteiger partial charge in [0.2, 0.25) is 15.9 Å². The lowest BCUT2D eigenvalue weighted by Crippen LogP contribution is -2.43. The molecule has 28 heavy (non-hydrogen) atoms. The molecule has 2 aliphatic rings. The zero-order chi connectivity index (χ0) is 20.3. The third-order valence-electron chi connectivity index (χ3n) is 4.88. The van der Waals surface area contributed by atoms with Gasteiger partial charge in [-0.3, -0.25) is 19.3 Å². The molecule has 2 saturated heterocycles. The van der Waals surface area contributed by atoms with E-state index >= 15 is 0 Å². The summed E-state index contributed by atoms with van der Waals surface area (Å²) in [6.45, 7) is -0.0474. The van der Waals surface area contributed by atoms with Crippen LogP contribution in [0.1, 0.15) is 25.7 Å². The van der Waals surface area contributed by atoms with Gasteiger partial charge in [-0.15, -0.1) is 0 Å². The molecule has 1 atom stereocenters. The molecule has 2 heterocycles. The zero-order valence-corrected chi connectivity index (χ0v) is 16.0. The summed E-state index contributed by atoms with van der Waals surface area (Å²) < 4.78 is 44.6. The first kappa shape index (κ1) is 20.4. The molecule has 0 N–H and O–H groups in total. The van der Waals surface area contributed by atoms with Crippen LogP contribution in [0.5, 0.6) is 0 Å². The molecule has 0 saturated carbocycles. The van der Waals surface area contributed by atoms with Gasteiger partial charge >= 0.3 is 5.97 Å². The van der Waals surface area contributed by atoms with Gasteiger partial charge in [0.05, 0.1) is 10.8 Å². The minimum atomic E-state index is -3.86. The van der Waals surface area contributed by atoms with Crippen molar-refractivity contribution in [1.82, 2.24) is 9.21 Å². The number of ether oxygens (including phenoxy) is 1. The molecule has 8 nitrogen and oxygen atoms in total. The zero-order valence-electron chi connectivity index (χ0n) is 15.2. The smallest absolute Gasteiger partial charge is 0.310 e. The summed E-state index contributed by atoms with van der Waals surface area (Å²) in [5.41, 5.74) is 0. The molecule has 3 rings (SSSR count). The largest absolute Gasteiger partial charge is 0.455 e. The van der Waals surface area contributed by atoms with Crippen LogP contribution in [-0.4, -0.2) is 61.6 Å². The maximum atomic E-state index is 13.0. The van der Waals surface area contributed by atoms with Crippen LogP contribution < -0.4 is 0 Å². The third kappa shape index (κ3) is 4.39. The highest BCUT2D eigenvalue weighted by atomic mass is 32.2. The molecule has 2 amide bonds. The standard InChI is InChI=1S/C18H21FN2O6S/c19-14-5-7-15(8-6-14)28(25,26)20-9-1-3-13(11-20)18(24)27-12-17(23)21-10-2-4-16(21)22/h5-8,13H,1-4,9-12H2. The number of likely N-dealkylation sites (tertiary alicyclic amines) is 1. The molecule has 1 unspecified atom stereocenters. The van der Waals surface area contributed by atoms with Crippen LogP contribution in [0.25, 0.3) is 0 Å². The average molecular weight is 412 g/mol. The van der Waals surface area contributed by atoms with Crippen LogP contribution in [0.4, 0.5) is 4.39 Å². The van der Waals surface area contributed by atoms with Crippen LogP contribution in [0.3, 0.4) is 0 Å². The predicted octanol–water partition coefficient (Wildman–Crippen LogP) is 0.919. The number of rotatable bonds is 5. The molecule has 1 aromatic rings. The fraction of sp³-hybridized carbons (Fsp3) is 0.500. The van der Waals surface area contributed by atoms with E-state index in [-0.39, 0.29) is 23.9 Å². The second kappa shape index (κ2) is 8.36. The Labute approximate surface area is 162 Å². The topological polar surface area (TPSA) is 101 Å². The van der Waals surface area contributed by atoms with E-state index in [1.54, 1.807) is 0 Å². The minimum absolute atomic E-state index is 0.0503. The van der Waals surface area contributed by atoms with Crippen molar-refractivity contribution in [2.24, 2.45) is 5.92 Å². The Kier molecular flexibility index (Phi) is 6.09. The number of esters is 1. The number of carbonyl (C=O) groups excluding carboxylic acids is 3. The summed E-state index contributed by atoms with van der Waals surface area (Å²) in [6.07, 6.45) is 1.79. The molecular weight excluding hydrogens is 391 g/mol. The molecule has 152 valence electrons. The number of carbonyl (C=O) groups is 3. The van der Waals surface area contributed by atoms with E-state index in [9.17, 15) is 27.2 Å². The molecule has 0 aromatic heterocycles. The van der Waals surface area contributed by atoms with Crippen molar-refractivity contribution >= 4 is 27.8 Å². The summed E-state index contributed by atoms with van der Waals surface area (Å²) >= 11 is 0. The summed E-state index contributed by atoms with van der Waals surface area (Å²) in [5.74, 6) is -2.76. The second-order valence-corrected chi connectivity index (χ2v) is 8.74. The van der Waals surface area contributed by atoms with Crippen LogP contribution in [0, 0.1) is 11.7 Å². The van der Waals surface area contributed by atoms with Gasteiger partial charge in [0.15, 0.2) is 6.61 Å². The van der Waals surface area contributed by atoms with Crippen molar-refractivity contribution < 1.29 is 31.9 Å². The highest BCUT2D eigenvalue weighted by Gasteiger charge is 2.35. The van der Waals surface area contributed by atoms with E-state index in [0.717, 1.165) is 17.0 Å². The van der Waals surface area contributed by atoms with E-state index in [1.165, 1.54) is 16.4 Å². The number of amides is 2. The lowest BCUT2D eigenvalue weighted by atomic mass is 10.00. The summed E-state index contributed by atoms with van der Waals surface area (Å²) in [7, 11) is -3.86. The van der Waals surface area contributed by atoms with Gasteiger partial charge in [-0.1, -0.05) is 0 Å². The highest BCUT2D eigenvalue weighted by Crippen LogP contribution is 2.25. The highest BCUT2D eigenvalue weighted by molar-refractivity contribution is 7.89. The van der Waals surface area contributed by atoms with Crippen molar-refractivity contribution in [3.8, 4) is 0 Å². The first-order chi connectivity index (χ1) is 13.3. The Morgan fingerprint density at radius 2 is 1.86 bits per heavy atom. The number of hydrogen-bond donors (Lipinski definition) is 0. The normalized spacial score (nSPS) is 21.0. The van der Waals surface area contributed by atoms with Crippen molar-refractivity contribution in [3.05, 3.63) is 30.1 Å². The van der Waals surface area contributed by atoms with Gasteiger partial charge < -0.3 is 4.74 Å². The van der Waals surface area contributed by atoms with Gasteiger partial charge in [-0.05, 0) is 43.5 Å². The Hall–Kier alpha value is -2.33. The first-order valence-corrected chi connectivity index (χ1v) is 10.5. The van der Waals surface area contributed by atoms with Crippen molar-refractivity contribution in [3.63, 3.8) is 0 Å². The molecule has 0 bridgehead atoms. The maximum absolute atomic E-state index is 13.0. The monoisotopic (exact) mass is 412 g/mol. The Morgan fingerprint density at radius 1 is 1.14 bits per heavy atom. The fourth-order valence-electron chi connectivity index (χ4n) is 3.35. The van der Waals surface area contributed by atoms with Crippen LogP contribution in [0.2, 0.25) is 0 Å². The quantitative estimate of drug-likeness (QED) is 0.667. The molecular formula is C18H21FN2O6S. The van der Waals surface area contributed by atoms with E-state index < -0.39 is 40.2 Å². The fourth-order valence-corrected chi connectivity index (χ4v) is 4.87. The number of benzene rings is 1. The SMILES string of the molecule is O=C(OCC(=O)N1CCCC1=O)C1CCCN(S(=O)(=O)c2ccc(F)cc2)C1. The molecule has 0 radical (unpaired) electrons. The minimum Gasteiger partial charge on any atom is -0.455 e. The van der Waals surface area contributed by atoms with Crippen molar-refractivity contribution in [2.75, 3.05) is 26.2 Å². The van der Waals surface area contributed by atoms with Crippen LogP contribution in [-0.2, 0) is 29.1 Å². The molecule has 0 aliphatic carbocycles. The molecule has 10 heteroatoms. The van der Waals surface area contributed by atoms with Gasteiger partial charge in [0.25, 0.3) is 5.91 Å². The number of hydrogen-bond acceptors (Lipinski definition) is 6. The number of nitrogens with zero attached hydrogens (tertiary/aromatic N) is 2. The Morgan fingerprint density at radius 3 is 2.50 bits per heavy atom. The maximum Gasteiger partial charge on any atom is 0.310 e. The summed E-state index contributed by atoms with van der Waals surface area (Å²) in [6, 6.07) is 4.48. The molecule has 1 aromatic carbocycles. The van der Waals surface area contributed by atoms with E-state index in [4.69, 9.17) is 4.74 Å². The Bertz CT molecular complexity index is 871. The first-order valence-electron chi connectivity index (χ1n) is 9.04. The van der Waals surface area contributed by atoms with Crippen molar-refractivity contribution in [1.29, 1.82) is 0 Å². The average Bonchev–Trinajstić information content (AvgIpc) is 3.12. The van der Waals surface area contributed by atoms with E-state index in [2.05, 4.69) is 0 Å². The molecule has 2 aliphatic heterocycles. The number of halogens is 1. The van der Waals surface area contributed by atoms with Crippen LogP contribution >= 0.6 is 0 Å². The lowest BCUT2D eigenvalue weighted by molar-refractivity contribution is -0.158. The summed E-state index contributed by atoms with van der Waals surface area (Å²) in [4.78, 5) is 36.8. The molecule has 2 fully saturated rings. The number of piperidine rings is 1. The predicted molar refractivity (Wildman–Crippen MR) is 94.8 cm³/mol. The number of imide groups is 1. The third-order valence-corrected chi connectivity index (χ3v) is 6.76. The van der Waals surface area contributed by atoms with Gasteiger partial charge in [-0.2, -0.15) is 4.31 Å². The Balaban J connectivity index is 1.59. The van der Waals surface area contributed by atoms with Crippen molar-refractivity contribution in [2.45, 2.75) is 30.6 Å². The van der Waals surface area contributed by atoms with Gasteiger partial charge in [-0.25, -0.2) is 12.8 Å². The summed E-state index contributed by atoms with van der Waals surface area (Å²) in [5, 5.41) is 0. The van der Waals surface area contributed by atoms with E-state index in [1.807, 2.05) is 0 Å². The van der Waals surface area contributed by atoms with Crippen LogP contribution in [0.15, 0.2) is 29.2 Å². The van der Waals surface area contributed by atoms with E-state index in [0.29, 0.717) is 32.2 Å². The number of sulfonamides is 1. The van der Waals surface area contributed by atoms with Gasteiger partial charge in [0, 0.05) is 26.1 Å². The van der Waals surface area contributed by atoms with Gasteiger partial charge in [0.1, 0.15) is 5.82 Å². The second-order valence-electron chi connectivity index (χ2n) is 6.81.